The molecule has 0 atom stereocenters. The molecular weight excluding hydrogens is 205 g/mol. The summed E-state index contributed by atoms with van der Waals surface area (Å²) >= 11 is 0. The molecule has 0 rings (SSSR count). The van der Waals surface area contributed by atoms with Gasteiger partial charge >= 0.3 is 51.4 Å². The van der Waals surface area contributed by atoms with E-state index in [9.17, 15) is 8.42 Å². The fraction of sp³-hybridized carbons (Fsp3) is 1.00. The maximum absolute atomic E-state index is 9.89. The Balaban J connectivity index is -0.000000245. The van der Waals surface area contributed by atoms with Crippen LogP contribution in [0.25, 0.3) is 0 Å². The summed E-state index contributed by atoms with van der Waals surface area (Å²) < 4.78 is 27.8. The predicted molar refractivity (Wildman–Crippen MR) is 30.1 cm³/mol. The van der Waals surface area contributed by atoms with Gasteiger partial charge in [0.05, 0.1) is 5.75 Å². The van der Waals surface area contributed by atoms with Crippen molar-refractivity contribution in [1.82, 2.24) is 0 Å². The van der Waals surface area contributed by atoms with Crippen molar-refractivity contribution < 1.29 is 76.8 Å². The molecule has 3 N–H and O–H groups in total. The third-order valence-corrected chi connectivity index (χ3v) is 1.41. The van der Waals surface area contributed by atoms with Crippen LogP contribution in [0.3, 0.4) is 0 Å². The van der Waals surface area contributed by atoms with Crippen molar-refractivity contribution in [3.05, 3.63) is 0 Å². The molecule has 0 fully saturated rings. The first-order valence-corrected chi connectivity index (χ1v) is 3.82. The second-order valence-electron chi connectivity index (χ2n) is 1.43. The van der Waals surface area contributed by atoms with Crippen LogP contribution in [0.2, 0.25) is 0 Å². The van der Waals surface area contributed by atoms with Gasteiger partial charge < -0.3 is 18.1 Å². The maximum Gasteiger partial charge on any atom is 1.00 e. The zero-order valence-corrected chi connectivity index (χ0v) is 10.4. The predicted octanol–water partition coefficient (Wildman–Crippen LogP) is -6.77. The number of hydrogen-bond donors (Lipinski definition) is 2. The molecule has 0 aliphatic carbocycles. The molecule has 0 spiro atoms. The van der Waals surface area contributed by atoms with Gasteiger partial charge in [-0.25, -0.2) is 0 Å². The molecule has 0 radical (unpaired) electrons. The molecule has 0 aromatic heterocycles. The van der Waals surface area contributed by atoms with Crippen LogP contribution >= 0.6 is 0 Å². The van der Waals surface area contributed by atoms with Gasteiger partial charge in [0, 0.05) is 0 Å². The Kier molecular flexibility index (Phi) is 15.8. The average molecular weight is 214 g/mol. The van der Waals surface area contributed by atoms with Crippen molar-refractivity contribution in [2.45, 2.75) is 6.42 Å². The Labute approximate surface area is 110 Å². The number of nitrogens with two attached hydrogens (primary N) is 1. The van der Waals surface area contributed by atoms with Crippen LogP contribution in [0.4, 0.5) is 0 Å². The molecule has 4 nitrogen and oxygen atoms in total. The summed E-state index contributed by atoms with van der Waals surface area (Å²) in [5.74, 6) is -0.233. The molecule has 10 heavy (non-hydrogen) atoms. The Morgan fingerprint density at radius 3 is 1.90 bits per heavy atom. The Morgan fingerprint density at radius 1 is 1.40 bits per heavy atom. The summed E-state index contributed by atoms with van der Waals surface area (Å²) in [6.45, 7) is 0.291. The largest absolute Gasteiger partial charge is 1.00 e. The topological polar surface area (TPSA) is 80.4 Å². The first-order chi connectivity index (χ1) is 3.56. The standard InChI is InChI=1S/C3H9NO3S.ClH.K/c4-2-1-3-8(5,6)7;;/h1-4H2,(H,5,6,7);1H;/q;;+1/p-1. The summed E-state index contributed by atoms with van der Waals surface area (Å²) in [6.07, 6.45) is 0.318. The van der Waals surface area contributed by atoms with Crippen molar-refractivity contribution in [3.8, 4) is 0 Å². The van der Waals surface area contributed by atoms with Crippen molar-refractivity contribution in [2.75, 3.05) is 12.3 Å². The maximum atomic E-state index is 9.89. The van der Waals surface area contributed by atoms with Crippen molar-refractivity contribution in [2.24, 2.45) is 5.73 Å². The first kappa shape index (κ1) is 17.8. The molecule has 0 saturated heterocycles. The Bertz CT molecular complexity index is 148. The van der Waals surface area contributed by atoms with E-state index in [1.54, 1.807) is 0 Å². The molecule has 0 heterocycles. The molecule has 0 aliphatic rings. The van der Waals surface area contributed by atoms with Crippen molar-refractivity contribution in [3.63, 3.8) is 0 Å². The van der Waals surface area contributed by atoms with Gasteiger partial charge in [-0.15, -0.1) is 0 Å². The van der Waals surface area contributed by atoms with E-state index in [1.807, 2.05) is 0 Å². The zero-order valence-electron chi connectivity index (χ0n) is 5.75. The summed E-state index contributed by atoms with van der Waals surface area (Å²) in [4.78, 5) is 0. The number of hydrogen-bond acceptors (Lipinski definition) is 3. The van der Waals surface area contributed by atoms with E-state index in [4.69, 9.17) is 10.3 Å². The van der Waals surface area contributed by atoms with Crippen molar-refractivity contribution >= 4 is 10.1 Å². The van der Waals surface area contributed by atoms with Crippen LogP contribution in [0.5, 0.6) is 0 Å². The van der Waals surface area contributed by atoms with Gasteiger partial charge in [-0.05, 0) is 13.0 Å². The van der Waals surface area contributed by atoms with E-state index in [1.165, 1.54) is 0 Å². The van der Waals surface area contributed by atoms with Crippen molar-refractivity contribution in [1.29, 1.82) is 0 Å². The van der Waals surface area contributed by atoms with Gasteiger partial charge in [-0.1, -0.05) is 0 Å². The minimum absolute atomic E-state index is 0. The third-order valence-electron chi connectivity index (χ3n) is 0.606. The molecule has 0 bridgehead atoms. The molecule has 0 aromatic carbocycles. The fourth-order valence-electron chi connectivity index (χ4n) is 0.266. The second-order valence-corrected chi connectivity index (χ2v) is 3.00. The SMILES string of the molecule is NCCCS(=O)(=O)O.[Cl-].[K+]. The number of rotatable bonds is 3. The molecule has 58 valence electrons. The van der Waals surface area contributed by atoms with E-state index in [0.717, 1.165) is 0 Å². The third kappa shape index (κ3) is 16.4. The van der Waals surface area contributed by atoms with Gasteiger partial charge in [0.2, 0.25) is 0 Å². The Morgan fingerprint density at radius 2 is 1.80 bits per heavy atom. The van der Waals surface area contributed by atoms with Crippen LogP contribution in [-0.2, 0) is 10.1 Å². The second kappa shape index (κ2) is 8.89. The van der Waals surface area contributed by atoms with E-state index >= 15 is 0 Å². The van der Waals surface area contributed by atoms with Crippen LogP contribution in [0.15, 0.2) is 0 Å². The summed E-state index contributed by atoms with van der Waals surface area (Å²) in [6, 6.07) is 0. The van der Waals surface area contributed by atoms with Crippen LogP contribution in [0.1, 0.15) is 6.42 Å². The van der Waals surface area contributed by atoms with Crippen LogP contribution in [0, 0.1) is 0 Å². The summed E-state index contributed by atoms with van der Waals surface area (Å²) in [5, 5.41) is 0. The minimum Gasteiger partial charge on any atom is -1.00 e. The molecule has 0 aromatic rings. The zero-order chi connectivity index (χ0) is 6.62. The van der Waals surface area contributed by atoms with E-state index in [2.05, 4.69) is 0 Å². The van der Waals surface area contributed by atoms with Gasteiger partial charge in [-0.3, -0.25) is 4.55 Å². The summed E-state index contributed by atoms with van der Waals surface area (Å²) in [7, 11) is -3.77. The van der Waals surface area contributed by atoms with Gasteiger partial charge in [-0.2, -0.15) is 8.42 Å². The van der Waals surface area contributed by atoms with E-state index in [0.29, 0.717) is 13.0 Å². The van der Waals surface area contributed by atoms with Gasteiger partial charge in [0.25, 0.3) is 10.1 Å². The van der Waals surface area contributed by atoms with E-state index < -0.39 is 10.1 Å². The fourth-order valence-corrected chi connectivity index (χ4v) is 0.797. The molecular formula is C3H9ClKNO3S. The quantitative estimate of drug-likeness (QED) is 0.361. The smallest absolute Gasteiger partial charge is 1.00 e. The normalized spacial score (nSPS) is 9.40. The first-order valence-electron chi connectivity index (χ1n) is 2.21. The van der Waals surface area contributed by atoms with Gasteiger partial charge in [0.15, 0.2) is 0 Å². The molecule has 0 unspecified atom stereocenters. The molecule has 7 heteroatoms. The van der Waals surface area contributed by atoms with Gasteiger partial charge in [0.1, 0.15) is 0 Å². The van der Waals surface area contributed by atoms with E-state index in [-0.39, 0.29) is 69.5 Å². The Hall–Kier alpha value is 1.80. The van der Waals surface area contributed by atoms with Crippen LogP contribution in [-0.4, -0.2) is 25.3 Å². The minimum atomic E-state index is -3.77. The number of halogens is 1. The monoisotopic (exact) mass is 213 g/mol. The van der Waals surface area contributed by atoms with Crippen LogP contribution < -0.4 is 69.5 Å². The molecule has 0 amide bonds. The average Bonchev–Trinajstić information content (AvgIpc) is 1.59. The summed E-state index contributed by atoms with van der Waals surface area (Å²) in [5.41, 5.74) is 4.96. The molecule has 0 saturated carbocycles. The molecule has 0 aliphatic heterocycles.